The van der Waals surface area contributed by atoms with Crippen molar-refractivity contribution in [1.82, 2.24) is 5.16 Å². The summed E-state index contributed by atoms with van der Waals surface area (Å²) < 4.78 is 32.3. The molecule has 0 saturated carbocycles. The van der Waals surface area contributed by atoms with Crippen LogP contribution < -0.4 is 10.0 Å². The Balaban J connectivity index is 1.63. The molecule has 0 atom stereocenters. The summed E-state index contributed by atoms with van der Waals surface area (Å²) in [5.74, 6) is -0.397. The largest absolute Gasteiger partial charge is 0.337 e. The van der Waals surface area contributed by atoms with Gasteiger partial charge >= 0.3 is 0 Å². The highest BCUT2D eigenvalue weighted by Gasteiger charge is 2.19. The second-order valence-corrected chi connectivity index (χ2v) is 8.21. The summed E-state index contributed by atoms with van der Waals surface area (Å²) in [6, 6.07) is 11.3. The van der Waals surface area contributed by atoms with E-state index in [0.717, 1.165) is 0 Å². The Morgan fingerprint density at radius 1 is 1.10 bits per heavy atom. The second-order valence-electron chi connectivity index (χ2n) is 6.52. The van der Waals surface area contributed by atoms with Crippen LogP contribution in [0.25, 0.3) is 6.08 Å². The summed E-state index contributed by atoms with van der Waals surface area (Å²) in [4.78, 5) is 22.2. The first-order chi connectivity index (χ1) is 14.7. The number of aromatic nitrogens is 1. The molecule has 1 heterocycles. The van der Waals surface area contributed by atoms with Crippen molar-refractivity contribution in [3.63, 3.8) is 0 Å². The molecule has 10 nitrogen and oxygen atoms in total. The molecule has 0 aliphatic carbocycles. The predicted molar refractivity (Wildman–Crippen MR) is 114 cm³/mol. The smallest absolute Gasteiger partial charge is 0.269 e. The molecule has 3 rings (SSSR count). The number of nitrogens with zero attached hydrogens (tertiary/aromatic N) is 2. The summed E-state index contributed by atoms with van der Waals surface area (Å²) in [5.41, 5.74) is 2.14. The lowest BCUT2D eigenvalue weighted by Crippen LogP contribution is -2.13. The summed E-state index contributed by atoms with van der Waals surface area (Å²) in [7, 11) is -3.88. The Labute approximate surface area is 177 Å². The topological polar surface area (TPSA) is 144 Å². The van der Waals surface area contributed by atoms with E-state index in [0.29, 0.717) is 22.5 Å². The van der Waals surface area contributed by atoms with Gasteiger partial charge in [-0.2, -0.15) is 0 Å². The first-order valence-corrected chi connectivity index (χ1v) is 10.4. The molecule has 0 unspecified atom stereocenters. The van der Waals surface area contributed by atoms with Crippen molar-refractivity contribution >= 4 is 39.3 Å². The van der Waals surface area contributed by atoms with Crippen molar-refractivity contribution in [1.29, 1.82) is 0 Å². The standard InChI is InChI=1S/C20H18N4O6S/c1-13-14(2)22-30-20(13)23-31(28,29)18-10-6-16(7-11-18)21-19(25)12-5-15-3-8-17(9-4-15)24(26)27/h3-12,23H,1-2H3,(H,21,25). The fourth-order valence-corrected chi connectivity index (χ4v) is 3.52. The van der Waals surface area contributed by atoms with Crippen molar-refractivity contribution in [2.24, 2.45) is 0 Å². The second kappa shape index (κ2) is 8.79. The van der Waals surface area contributed by atoms with Gasteiger partial charge in [-0.15, -0.1) is 0 Å². The third-order valence-electron chi connectivity index (χ3n) is 4.35. The molecule has 31 heavy (non-hydrogen) atoms. The van der Waals surface area contributed by atoms with E-state index in [2.05, 4.69) is 15.2 Å². The Hall–Kier alpha value is -3.99. The van der Waals surface area contributed by atoms with Gasteiger partial charge in [-0.05, 0) is 61.9 Å². The number of sulfonamides is 1. The van der Waals surface area contributed by atoms with E-state index >= 15 is 0 Å². The number of anilines is 2. The number of hydrogen-bond donors (Lipinski definition) is 2. The van der Waals surface area contributed by atoms with Crippen LogP contribution in [0, 0.1) is 24.0 Å². The lowest BCUT2D eigenvalue weighted by atomic mass is 10.2. The molecular formula is C20H18N4O6S. The molecule has 0 fully saturated rings. The van der Waals surface area contributed by atoms with Crippen LogP contribution in [0.5, 0.6) is 0 Å². The van der Waals surface area contributed by atoms with E-state index in [-0.39, 0.29) is 16.5 Å². The molecule has 0 spiro atoms. The third-order valence-corrected chi connectivity index (χ3v) is 5.69. The summed E-state index contributed by atoms with van der Waals surface area (Å²) in [5, 5.41) is 17.0. The molecule has 1 aromatic heterocycles. The van der Waals surface area contributed by atoms with Crippen LogP contribution in [-0.4, -0.2) is 24.4 Å². The van der Waals surface area contributed by atoms with Gasteiger partial charge in [-0.3, -0.25) is 14.9 Å². The summed E-state index contributed by atoms with van der Waals surface area (Å²) in [6.07, 6.45) is 2.77. The molecule has 0 saturated heterocycles. The van der Waals surface area contributed by atoms with Crippen LogP contribution in [0.1, 0.15) is 16.8 Å². The highest BCUT2D eigenvalue weighted by molar-refractivity contribution is 7.92. The zero-order valence-corrected chi connectivity index (χ0v) is 17.3. The van der Waals surface area contributed by atoms with Gasteiger partial charge in [0.1, 0.15) is 0 Å². The van der Waals surface area contributed by atoms with Crippen molar-refractivity contribution in [2.75, 3.05) is 10.0 Å². The highest BCUT2D eigenvalue weighted by Crippen LogP contribution is 2.22. The Kier molecular flexibility index (Phi) is 6.16. The van der Waals surface area contributed by atoms with Gasteiger partial charge in [0.25, 0.3) is 15.7 Å². The number of carbonyl (C=O) groups excluding carboxylic acids is 1. The number of non-ortho nitro benzene ring substituents is 1. The van der Waals surface area contributed by atoms with Crippen molar-refractivity contribution in [3.8, 4) is 0 Å². The highest BCUT2D eigenvalue weighted by atomic mass is 32.2. The Bertz CT molecular complexity index is 1250. The van der Waals surface area contributed by atoms with Crippen LogP contribution in [0.3, 0.4) is 0 Å². The van der Waals surface area contributed by atoms with Gasteiger partial charge in [-0.1, -0.05) is 5.16 Å². The van der Waals surface area contributed by atoms with Crippen molar-refractivity contribution in [2.45, 2.75) is 18.7 Å². The van der Waals surface area contributed by atoms with Gasteiger partial charge in [0, 0.05) is 29.5 Å². The minimum Gasteiger partial charge on any atom is -0.337 e. The molecule has 160 valence electrons. The molecule has 2 aromatic carbocycles. The number of benzene rings is 2. The van der Waals surface area contributed by atoms with Gasteiger partial charge in [0.15, 0.2) is 0 Å². The van der Waals surface area contributed by atoms with Crippen LogP contribution in [0.2, 0.25) is 0 Å². The van der Waals surface area contributed by atoms with Gasteiger partial charge in [0.05, 0.1) is 15.5 Å². The summed E-state index contributed by atoms with van der Waals surface area (Å²) in [6.45, 7) is 3.39. The van der Waals surface area contributed by atoms with E-state index < -0.39 is 20.9 Å². The number of carbonyl (C=O) groups is 1. The normalized spacial score (nSPS) is 11.4. The van der Waals surface area contributed by atoms with Gasteiger partial charge in [0.2, 0.25) is 11.8 Å². The quantitative estimate of drug-likeness (QED) is 0.323. The molecule has 2 N–H and O–H groups in total. The molecule has 0 radical (unpaired) electrons. The van der Waals surface area contributed by atoms with E-state index in [1.165, 1.54) is 60.7 Å². The summed E-state index contributed by atoms with van der Waals surface area (Å²) >= 11 is 0. The molecule has 3 aromatic rings. The molecule has 11 heteroatoms. The average molecular weight is 442 g/mol. The molecule has 0 aliphatic rings. The van der Waals surface area contributed by atoms with E-state index in [1.807, 2.05) is 0 Å². The number of nitrogens with one attached hydrogen (secondary N) is 2. The Morgan fingerprint density at radius 3 is 2.29 bits per heavy atom. The zero-order chi connectivity index (χ0) is 22.6. The number of hydrogen-bond acceptors (Lipinski definition) is 7. The van der Waals surface area contributed by atoms with Crippen LogP contribution in [0.15, 0.2) is 64.0 Å². The maximum absolute atomic E-state index is 12.5. The fraction of sp³-hybridized carbons (Fsp3) is 0.100. The fourth-order valence-electron chi connectivity index (χ4n) is 2.47. The average Bonchev–Trinajstić information content (AvgIpc) is 3.04. The SMILES string of the molecule is Cc1noc(NS(=O)(=O)c2ccc(NC(=O)C=Cc3ccc([N+](=O)[O-])cc3)cc2)c1C. The number of aryl methyl sites for hydroxylation is 1. The minimum atomic E-state index is -3.88. The van der Waals surface area contributed by atoms with Gasteiger partial charge in [-0.25, -0.2) is 13.1 Å². The minimum absolute atomic E-state index is 0.0135. The predicted octanol–water partition coefficient (Wildman–Crippen LogP) is 3.65. The maximum atomic E-state index is 12.5. The molecule has 0 bridgehead atoms. The molecule has 1 amide bonds. The molecule has 0 aliphatic heterocycles. The number of rotatable bonds is 7. The maximum Gasteiger partial charge on any atom is 0.269 e. The lowest BCUT2D eigenvalue weighted by molar-refractivity contribution is -0.384. The molecular weight excluding hydrogens is 424 g/mol. The monoisotopic (exact) mass is 442 g/mol. The van der Waals surface area contributed by atoms with Crippen LogP contribution in [0.4, 0.5) is 17.3 Å². The van der Waals surface area contributed by atoms with Gasteiger partial charge < -0.3 is 9.84 Å². The first kappa shape index (κ1) is 21.7. The number of amides is 1. The number of nitro benzene ring substituents is 1. The van der Waals surface area contributed by atoms with Crippen molar-refractivity contribution in [3.05, 3.63) is 81.5 Å². The van der Waals surface area contributed by atoms with Crippen molar-refractivity contribution < 1.29 is 22.7 Å². The van der Waals surface area contributed by atoms with Crippen LogP contribution in [-0.2, 0) is 14.8 Å². The first-order valence-electron chi connectivity index (χ1n) is 8.95. The van der Waals surface area contributed by atoms with Crippen LogP contribution >= 0.6 is 0 Å². The number of nitro groups is 1. The van der Waals surface area contributed by atoms with E-state index in [1.54, 1.807) is 13.8 Å². The van der Waals surface area contributed by atoms with E-state index in [9.17, 15) is 23.3 Å². The lowest BCUT2D eigenvalue weighted by Gasteiger charge is -2.07. The Morgan fingerprint density at radius 2 is 1.74 bits per heavy atom. The van der Waals surface area contributed by atoms with E-state index in [4.69, 9.17) is 4.52 Å². The zero-order valence-electron chi connectivity index (χ0n) is 16.5. The third kappa shape index (κ3) is 5.34.